The monoisotopic (exact) mass is 1290 g/mol. The second-order valence-corrected chi connectivity index (χ2v) is 24.2. The van der Waals surface area contributed by atoms with Crippen molar-refractivity contribution in [3.63, 3.8) is 0 Å². The number of fused-ring (bicyclic) bond motifs is 3. The van der Waals surface area contributed by atoms with E-state index in [0.29, 0.717) is 52.5 Å². The highest BCUT2D eigenvalue weighted by molar-refractivity contribution is 5.99. The highest BCUT2D eigenvalue weighted by atomic mass is 16.7. The Balaban J connectivity index is 0.000000269. The molecule has 0 bridgehead atoms. The van der Waals surface area contributed by atoms with Crippen LogP contribution in [0.25, 0.3) is 17.2 Å². The van der Waals surface area contributed by atoms with Crippen molar-refractivity contribution in [3.05, 3.63) is 220 Å². The molecule has 0 heterocycles. The first-order valence-electron chi connectivity index (χ1n) is 31.2. The molecule has 19 nitrogen and oxygen atoms in total. The quantitative estimate of drug-likeness (QED) is 0.0152. The van der Waals surface area contributed by atoms with Gasteiger partial charge in [-0.25, -0.2) is 14.4 Å². The summed E-state index contributed by atoms with van der Waals surface area (Å²) in [5, 5.41) is 5.62. The molecule has 0 unspecified atom stereocenters. The SMILES string of the molecule is CCOCC(=O)c1ccc(CC(=O)[C@H](Cc2ccc(OC(=O)OC(C)(C)C)cc2)NC(=O)/C=C/c2cc(OC)ccc2OC)cc1.CCOCC(=O)c1ccc(CC(=O)[C@H](Cc2ccc(OC(=O)OC(C)(C)C)cc2)NC(=O)OCC2c3ccccc3-c3ccccc32)cc1. The summed E-state index contributed by atoms with van der Waals surface area (Å²) in [5.41, 5.74) is 7.44. The fourth-order valence-electron chi connectivity index (χ4n) is 10.0. The zero-order valence-electron chi connectivity index (χ0n) is 55.3. The molecule has 7 aromatic rings. The van der Waals surface area contributed by atoms with Gasteiger partial charge in [-0.2, -0.15) is 0 Å². The van der Waals surface area contributed by atoms with Crippen LogP contribution >= 0.6 is 0 Å². The second kappa shape index (κ2) is 34.6. The summed E-state index contributed by atoms with van der Waals surface area (Å²) in [7, 11) is 3.07. The van der Waals surface area contributed by atoms with Crippen LogP contribution in [0.1, 0.15) is 121 Å². The molecule has 1 aliphatic rings. The fraction of sp³-hybridized carbons (Fsp3) is 0.316. The van der Waals surface area contributed by atoms with Crippen molar-refractivity contribution in [1.29, 1.82) is 0 Å². The predicted molar refractivity (Wildman–Crippen MR) is 358 cm³/mol. The zero-order chi connectivity index (χ0) is 68.7. The second-order valence-electron chi connectivity index (χ2n) is 24.2. The number of ether oxygens (including phenoxy) is 9. The van der Waals surface area contributed by atoms with E-state index < -0.39 is 47.6 Å². The van der Waals surface area contributed by atoms with E-state index in [9.17, 15) is 38.4 Å². The zero-order valence-corrected chi connectivity index (χ0v) is 55.3. The van der Waals surface area contributed by atoms with E-state index in [1.54, 1.807) is 170 Å². The number of nitrogens with one attached hydrogen (secondary N) is 2. The molecule has 0 spiro atoms. The van der Waals surface area contributed by atoms with Gasteiger partial charge < -0.3 is 53.3 Å². The highest BCUT2D eigenvalue weighted by Crippen LogP contribution is 2.44. The van der Waals surface area contributed by atoms with E-state index >= 15 is 0 Å². The van der Waals surface area contributed by atoms with Gasteiger partial charge in [0.05, 0.1) is 26.3 Å². The van der Waals surface area contributed by atoms with Gasteiger partial charge in [0.25, 0.3) is 0 Å². The molecule has 7 aromatic carbocycles. The number of carbonyl (C=O) groups excluding carboxylic acids is 8. The molecule has 498 valence electrons. The van der Waals surface area contributed by atoms with E-state index in [1.807, 2.05) is 50.2 Å². The smallest absolute Gasteiger partial charge is 0.497 e. The third kappa shape index (κ3) is 22.8. The van der Waals surface area contributed by atoms with Crippen LogP contribution in [0.15, 0.2) is 170 Å². The Morgan fingerprint density at radius 1 is 0.495 bits per heavy atom. The normalized spacial score (nSPS) is 12.3. The summed E-state index contributed by atoms with van der Waals surface area (Å²) in [6.07, 6.45) is 0.946. The van der Waals surface area contributed by atoms with Crippen LogP contribution in [-0.2, 0) is 63.8 Å². The summed E-state index contributed by atoms with van der Waals surface area (Å²) < 4.78 is 47.7. The highest BCUT2D eigenvalue weighted by Gasteiger charge is 2.31. The molecular formula is C76H82N2O17. The first kappa shape index (κ1) is 72.2. The maximum atomic E-state index is 13.7. The molecule has 0 radical (unpaired) electrons. The van der Waals surface area contributed by atoms with Crippen LogP contribution < -0.4 is 29.6 Å². The first-order valence-corrected chi connectivity index (χ1v) is 31.2. The van der Waals surface area contributed by atoms with Crippen molar-refractivity contribution >= 4 is 53.5 Å². The lowest BCUT2D eigenvalue weighted by Crippen LogP contribution is -2.43. The first-order chi connectivity index (χ1) is 45.4. The van der Waals surface area contributed by atoms with Crippen molar-refractivity contribution < 1.29 is 81.0 Å². The average Bonchev–Trinajstić information content (AvgIpc) is 1.62. The Bertz CT molecular complexity index is 3760. The minimum Gasteiger partial charge on any atom is -0.497 e. The van der Waals surface area contributed by atoms with Gasteiger partial charge >= 0.3 is 18.4 Å². The molecule has 0 aliphatic heterocycles. The Morgan fingerprint density at radius 3 is 1.34 bits per heavy atom. The molecule has 0 saturated carbocycles. The van der Waals surface area contributed by atoms with E-state index in [-0.39, 0.29) is 86.1 Å². The molecule has 2 amide bonds. The third-order valence-electron chi connectivity index (χ3n) is 14.7. The van der Waals surface area contributed by atoms with Crippen LogP contribution in [0.3, 0.4) is 0 Å². The minimum absolute atomic E-state index is 0.0114. The van der Waals surface area contributed by atoms with E-state index in [0.717, 1.165) is 33.4 Å². The number of hydrogen-bond donors (Lipinski definition) is 2. The van der Waals surface area contributed by atoms with Gasteiger partial charge in [-0.3, -0.25) is 24.0 Å². The fourth-order valence-corrected chi connectivity index (χ4v) is 10.0. The number of rotatable bonds is 28. The van der Waals surface area contributed by atoms with Crippen molar-refractivity contribution in [2.24, 2.45) is 0 Å². The molecule has 19 heteroatoms. The Hall–Kier alpha value is -10.2. The van der Waals surface area contributed by atoms with E-state index in [2.05, 4.69) is 22.8 Å². The number of carbonyl (C=O) groups is 8. The molecule has 2 atom stereocenters. The van der Waals surface area contributed by atoms with Crippen LogP contribution in [-0.4, -0.2) is 118 Å². The van der Waals surface area contributed by atoms with Crippen LogP contribution in [0.2, 0.25) is 0 Å². The molecule has 0 aromatic heterocycles. The van der Waals surface area contributed by atoms with Crippen LogP contribution in [0, 0.1) is 0 Å². The van der Waals surface area contributed by atoms with Crippen LogP contribution in [0.4, 0.5) is 14.4 Å². The Labute approximate surface area is 554 Å². The van der Waals surface area contributed by atoms with Crippen LogP contribution in [0.5, 0.6) is 23.0 Å². The van der Waals surface area contributed by atoms with E-state index in [4.69, 9.17) is 42.6 Å². The maximum absolute atomic E-state index is 13.7. The lowest BCUT2D eigenvalue weighted by atomic mass is 9.96. The van der Waals surface area contributed by atoms with Crippen molar-refractivity contribution in [3.8, 4) is 34.1 Å². The summed E-state index contributed by atoms with van der Waals surface area (Å²) in [4.78, 5) is 102. The van der Waals surface area contributed by atoms with Gasteiger partial charge in [0.2, 0.25) is 5.91 Å². The number of Topliss-reactive ketones (excluding diaryl/α,β-unsaturated/α-hetero) is 4. The summed E-state index contributed by atoms with van der Waals surface area (Å²) in [6.45, 7) is 15.0. The molecule has 0 saturated heterocycles. The maximum Gasteiger partial charge on any atom is 0.514 e. The number of amides is 2. The minimum atomic E-state index is -0.924. The van der Waals surface area contributed by atoms with Gasteiger partial charge in [-0.05, 0) is 161 Å². The largest absolute Gasteiger partial charge is 0.514 e. The average molecular weight is 1300 g/mol. The summed E-state index contributed by atoms with van der Waals surface area (Å²) in [6, 6.07) is 46.3. The lowest BCUT2D eigenvalue weighted by Gasteiger charge is -2.20. The van der Waals surface area contributed by atoms with Crippen molar-refractivity contribution in [1.82, 2.24) is 10.6 Å². The molecular weight excluding hydrogens is 1210 g/mol. The number of methoxy groups -OCH3 is 2. The van der Waals surface area contributed by atoms with Crippen molar-refractivity contribution in [2.75, 3.05) is 47.3 Å². The van der Waals surface area contributed by atoms with Gasteiger partial charge in [-0.15, -0.1) is 0 Å². The Kier molecular flexibility index (Phi) is 26.3. The van der Waals surface area contributed by atoms with Gasteiger partial charge in [0.15, 0.2) is 23.1 Å². The van der Waals surface area contributed by atoms with Gasteiger partial charge in [0, 0.05) is 54.7 Å². The molecule has 0 fully saturated rings. The number of hydrogen-bond acceptors (Lipinski definition) is 17. The number of ketones is 4. The van der Waals surface area contributed by atoms with Crippen molar-refractivity contribution in [2.45, 2.75) is 110 Å². The molecule has 8 rings (SSSR count). The predicted octanol–water partition coefficient (Wildman–Crippen LogP) is 13.3. The summed E-state index contributed by atoms with van der Waals surface area (Å²) in [5.74, 6) is 0.325. The Morgan fingerprint density at radius 2 is 0.916 bits per heavy atom. The summed E-state index contributed by atoms with van der Waals surface area (Å²) >= 11 is 0. The van der Waals surface area contributed by atoms with E-state index in [1.165, 1.54) is 13.2 Å². The van der Waals surface area contributed by atoms with Gasteiger partial charge in [-0.1, -0.05) is 121 Å². The lowest BCUT2D eigenvalue weighted by molar-refractivity contribution is -0.125. The molecule has 95 heavy (non-hydrogen) atoms. The molecule has 1 aliphatic carbocycles. The van der Waals surface area contributed by atoms with Gasteiger partial charge in [0.1, 0.15) is 54.0 Å². The third-order valence-corrected chi connectivity index (χ3v) is 14.7. The number of benzene rings is 7. The number of alkyl carbamates (subject to hydrolysis) is 1. The molecule has 2 N–H and O–H groups in total. The standard InChI is InChI=1S/C40H41NO8.C36H41NO9/c1-5-46-25-37(43)28-18-14-27(15-19-28)23-36(42)35(22-26-16-20-29(21-17-26)48-39(45)49-40(2,3)4)41-38(44)47-24-34-32-12-8-6-10-30(32)31-11-7-9-13-33(31)34;1-7-44-23-32(39)26-12-8-25(9-13-26)21-31(38)30(20-24-10-15-28(16-11-24)45-35(41)46-36(2,3)4)37-34(40)19-14-27-22-29(42-5)17-18-33(27)43-6/h6-21,34-35H,5,22-25H2,1-4H3,(H,41,44);8-19,22,30H,7,20-21,23H2,1-6H3,(H,37,40)/b;19-14+/t35-;30-/m00/s1. The topological polar surface area (TPSA) is 244 Å².